The predicted octanol–water partition coefficient (Wildman–Crippen LogP) is 1.57. The largest absolute Gasteiger partial charge is 0.297 e. The van der Waals surface area contributed by atoms with Crippen molar-refractivity contribution in [3.8, 4) is 0 Å². The van der Waals surface area contributed by atoms with Gasteiger partial charge in [-0.25, -0.2) is 0 Å². The van der Waals surface area contributed by atoms with E-state index < -0.39 is 0 Å². The standard InChI is InChI=1S/C9H12N4OS2/c1-9(2,3)5-6(14)13-7(11-10-5)16-8(12-13)15-4/h1-4H3. The van der Waals surface area contributed by atoms with Gasteiger partial charge in [-0.15, -0.1) is 15.3 Å². The van der Waals surface area contributed by atoms with E-state index in [9.17, 15) is 4.79 Å². The summed E-state index contributed by atoms with van der Waals surface area (Å²) in [4.78, 5) is 12.6. The van der Waals surface area contributed by atoms with Gasteiger partial charge in [-0.1, -0.05) is 43.9 Å². The maximum absolute atomic E-state index is 12.1. The molecule has 2 aromatic heterocycles. The van der Waals surface area contributed by atoms with Crippen LogP contribution < -0.4 is 5.56 Å². The molecular weight excluding hydrogens is 244 g/mol. The van der Waals surface area contributed by atoms with Crippen LogP contribution >= 0.6 is 23.1 Å². The quantitative estimate of drug-likeness (QED) is 0.725. The van der Waals surface area contributed by atoms with Crippen molar-refractivity contribution in [2.24, 2.45) is 0 Å². The maximum atomic E-state index is 12.1. The third-order valence-electron chi connectivity index (χ3n) is 2.06. The normalized spacial score (nSPS) is 12.2. The molecule has 86 valence electrons. The lowest BCUT2D eigenvalue weighted by molar-refractivity contribution is 0.541. The van der Waals surface area contributed by atoms with Gasteiger partial charge >= 0.3 is 0 Å². The smallest absolute Gasteiger partial charge is 0.265 e. The first kappa shape index (κ1) is 11.5. The number of aromatic nitrogens is 4. The van der Waals surface area contributed by atoms with Gasteiger partial charge in [0.15, 0.2) is 4.34 Å². The summed E-state index contributed by atoms with van der Waals surface area (Å²) in [5.74, 6) is 0. The minimum Gasteiger partial charge on any atom is -0.265 e. The first-order chi connectivity index (χ1) is 7.43. The molecule has 16 heavy (non-hydrogen) atoms. The van der Waals surface area contributed by atoms with E-state index in [1.165, 1.54) is 27.6 Å². The molecule has 0 saturated carbocycles. The number of fused-ring (bicyclic) bond motifs is 1. The Hall–Kier alpha value is -0.950. The van der Waals surface area contributed by atoms with Gasteiger partial charge in [-0.2, -0.15) is 4.52 Å². The van der Waals surface area contributed by atoms with E-state index in [2.05, 4.69) is 15.3 Å². The molecule has 2 heterocycles. The molecule has 0 fully saturated rings. The highest BCUT2D eigenvalue weighted by molar-refractivity contribution is 8.00. The van der Waals surface area contributed by atoms with Crippen LogP contribution in [0.3, 0.4) is 0 Å². The van der Waals surface area contributed by atoms with Gasteiger partial charge in [-0.05, 0) is 6.26 Å². The highest BCUT2D eigenvalue weighted by Crippen LogP contribution is 2.21. The second kappa shape index (κ2) is 3.81. The van der Waals surface area contributed by atoms with Crippen molar-refractivity contribution in [1.82, 2.24) is 19.8 Å². The average molecular weight is 256 g/mol. The van der Waals surface area contributed by atoms with Crippen LogP contribution in [0.4, 0.5) is 0 Å². The lowest BCUT2D eigenvalue weighted by Crippen LogP contribution is -2.30. The molecular formula is C9H12N4OS2. The van der Waals surface area contributed by atoms with Gasteiger partial charge in [0.1, 0.15) is 5.69 Å². The van der Waals surface area contributed by atoms with Gasteiger partial charge < -0.3 is 0 Å². The maximum Gasteiger partial charge on any atom is 0.297 e. The summed E-state index contributed by atoms with van der Waals surface area (Å²) >= 11 is 2.87. The molecule has 5 nitrogen and oxygen atoms in total. The van der Waals surface area contributed by atoms with Crippen LogP contribution in [0.5, 0.6) is 0 Å². The molecule has 0 N–H and O–H groups in total. The molecule has 0 unspecified atom stereocenters. The molecule has 0 saturated heterocycles. The van der Waals surface area contributed by atoms with Crippen molar-refractivity contribution >= 4 is 28.1 Å². The number of rotatable bonds is 1. The Morgan fingerprint density at radius 3 is 2.56 bits per heavy atom. The zero-order valence-corrected chi connectivity index (χ0v) is 11.1. The summed E-state index contributed by atoms with van der Waals surface area (Å²) in [6.45, 7) is 5.81. The Morgan fingerprint density at radius 2 is 2.00 bits per heavy atom. The second-order valence-electron chi connectivity index (χ2n) is 4.37. The number of thioether (sulfide) groups is 1. The van der Waals surface area contributed by atoms with E-state index in [-0.39, 0.29) is 11.0 Å². The molecule has 0 spiro atoms. The Kier molecular flexibility index (Phi) is 2.75. The topological polar surface area (TPSA) is 60.2 Å². The van der Waals surface area contributed by atoms with Crippen LogP contribution in [-0.2, 0) is 5.41 Å². The molecule has 0 atom stereocenters. The fourth-order valence-electron chi connectivity index (χ4n) is 1.25. The van der Waals surface area contributed by atoms with Gasteiger partial charge in [0.2, 0.25) is 4.96 Å². The number of nitrogens with zero attached hydrogens (tertiary/aromatic N) is 4. The minimum absolute atomic E-state index is 0.172. The zero-order valence-electron chi connectivity index (χ0n) is 9.51. The predicted molar refractivity (Wildman–Crippen MR) is 65.4 cm³/mol. The monoisotopic (exact) mass is 256 g/mol. The lowest BCUT2D eigenvalue weighted by atomic mass is 9.93. The highest BCUT2D eigenvalue weighted by atomic mass is 32.2. The SMILES string of the molecule is CSc1nn2c(=O)c(C(C)(C)C)nnc2s1. The van der Waals surface area contributed by atoms with Crippen molar-refractivity contribution in [3.63, 3.8) is 0 Å². The first-order valence-corrected chi connectivity index (χ1v) is 6.78. The van der Waals surface area contributed by atoms with Gasteiger partial charge in [0.25, 0.3) is 5.56 Å². The van der Waals surface area contributed by atoms with Crippen LogP contribution in [0.15, 0.2) is 9.13 Å². The van der Waals surface area contributed by atoms with E-state index in [0.29, 0.717) is 10.7 Å². The fourth-order valence-corrected chi connectivity index (χ4v) is 2.54. The van der Waals surface area contributed by atoms with E-state index in [1.54, 1.807) is 0 Å². The summed E-state index contributed by atoms with van der Waals surface area (Å²) in [5.41, 5.74) is -0.0361. The zero-order chi connectivity index (χ0) is 11.9. The van der Waals surface area contributed by atoms with E-state index in [1.807, 2.05) is 27.0 Å². The Labute approximate surface area is 101 Å². The molecule has 0 aliphatic heterocycles. The van der Waals surface area contributed by atoms with Crippen LogP contribution in [0.2, 0.25) is 0 Å². The van der Waals surface area contributed by atoms with E-state index in [4.69, 9.17) is 0 Å². The third-order valence-corrected chi connectivity index (χ3v) is 3.93. The van der Waals surface area contributed by atoms with Crippen LogP contribution in [0, 0.1) is 0 Å². The fraction of sp³-hybridized carbons (Fsp3) is 0.556. The average Bonchev–Trinajstić information content (AvgIpc) is 2.60. The third kappa shape index (κ3) is 1.84. The van der Waals surface area contributed by atoms with Crippen molar-refractivity contribution in [2.45, 2.75) is 30.5 Å². The molecule has 0 aliphatic carbocycles. The molecule has 2 rings (SSSR count). The number of hydrogen-bond donors (Lipinski definition) is 0. The Bertz CT molecular complexity index is 581. The summed E-state index contributed by atoms with van der Waals surface area (Å²) in [6.07, 6.45) is 1.92. The van der Waals surface area contributed by atoms with Crippen molar-refractivity contribution in [1.29, 1.82) is 0 Å². The van der Waals surface area contributed by atoms with Crippen molar-refractivity contribution < 1.29 is 0 Å². The Morgan fingerprint density at radius 1 is 1.31 bits per heavy atom. The van der Waals surface area contributed by atoms with Crippen LogP contribution in [0.25, 0.3) is 4.96 Å². The molecule has 0 radical (unpaired) electrons. The number of hydrogen-bond acceptors (Lipinski definition) is 6. The molecule has 0 bridgehead atoms. The summed E-state index contributed by atoms with van der Waals surface area (Å²) < 4.78 is 2.15. The van der Waals surface area contributed by atoms with Crippen molar-refractivity contribution in [3.05, 3.63) is 16.0 Å². The van der Waals surface area contributed by atoms with E-state index >= 15 is 0 Å². The van der Waals surface area contributed by atoms with E-state index in [0.717, 1.165) is 4.34 Å². The highest BCUT2D eigenvalue weighted by Gasteiger charge is 2.22. The van der Waals surface area contributed by atoms with Crippen molar-refractivity contribution in [2.75, 3.05) is 6.26 Å². The van der Waals surface area contributed by atoms with Crippen LogP contribution in [-0.4, -0.2) is 26.1 Å². The molecule has 0 aromatic carbocycles. The first-order valence-electron chi connectivity index (χ1n) is 4.74. The summed E-state index contributed by atoms with van der Waals surface area (Å²) in [7, 11) is 0. The van der Waals surface area contributed by atoms with Gasteiger partial charge in [-0.3, -0.25) is 4.79 Å². The molecule has 0 amide bonds. The Balaban J connectivity index is 2.74. The van der Waals surface area contributed by atoms with Crippen LogP contribution in [0.1, 0.15) is 26.5 Å². The second-order valence-corrected chi connectivity index (χ2v) is 6.38. The molecule has 2 aromatic rings. The summed E-state index contributed by atoms with van der Waals surface area (Å²) in [6, 6.07) is 0. The minimum atomic E-state index is -0.311. The van der Waals surface area contributed by atoms with Gasteiger partial charge in [0.05, 0.1) is 0 Å². The molecule has 0 aliphatic rings. The summed E-state index contributed by atoms with van der Waals surface area (Å²) in [5, 5.41) is 12.2. The van der Waals surface area contributed by atoms with Gasteiger partial charge in [0, 0.05) is 5.41 Å². The molecule has 7 heteroatoms. The lowest BCUT2D eigenvalue weighted by Gasteiger charge is -2.14.